The van der Waals surface area contributed by atoms with Gasteiger partial charge in [0, 0.05) is 0 Å². The second-order valence-electron chi connectivity index (χ2n) is 3.96. The Kier molecular flexibility index (Phi) is 3.61. The van der Waals surface area contributed by atoms with E-state index >= 15 is 0 Å². The summed E-state index contributed by atoms with van der Waals surface area (Å²) in [7, 11) is 0. The molecule has 16 heavy (non-hydrogen) atoms. The van der Waals surface area contributed by atoms with Crippen LogP contribution >= 0.6 is 0 Å². The minimum atomic E-state index is -1.13. The third kappa shape index (κ3) is 2.20. The summed E-state index contributed by atoms with van der Waals surface area (Å²) >= 11 is 0. The fourth-order valence-electron chi connectivity index (χ4n) is 1.38. The number of hydrogen-bond donors (Lipinski definition) is 1. The smallest absolute Gasteiger partial charge is 0.159 e. The predicted octanol–water partition coefficient (Wildman–Crippen LogP) is 2.94. The summed E-state index contributed by atoms with van der Waals surface area (Å²) in [6, 6.07) is 5.15. The number of nitrogens with zero attached hydrogens (tertiary/aromatic N) is 1. The normalized spacial score (nSPS) is 16.2. The zero-order valence-electron chi connectivity index (χ0n) is 9.17. The highest BCUT2D eigenvalue weighted by Crippen LogP contribution is 2.36. The van der Waals surface area contributed by atoms with Gasteiger partial charge in [0.1, 0.15) is 0 Å². The van der Waals surface area contributed by atoms with Crippen LogP contribution < -0.4 is 0 Å². The first kappa shape index (κ1) is 12.6. The number of hydrogen-bond acceptors (Lipinski definition) is 2. The molecule has 0 amide bonds. The molecule has 2 nitrogen and oxygen atoms in total. The Hall–Kier alpha value is -1.47. The molecule has 0 aliphatic carbocycles. The maximum absolute atomic E-state index is 13.0. The maximum Gasteiger partial charge on any atom is 0.159 e. The van der Waals surface area contributed by atoms with E-state index < -0.39 is 23.2 Å². The summed E-state index contributed by atoms with van der Waals surface area (Å²) in [6.45, 7) is 3.34. The fraction of sp³-hybridized carbons (Fsp3) is 0.417. The van der Waals surface area contributed by atoms with E-state index in [2.05, 4.69) is 0 Å². The summed E-state index contributed by atoms with van der Waals surface area (Å²) in [5.74, 6) is -1.99. The molecule has 1 aromatic carbocycles. The third-order valence-electron chi connectivity index (χ3n) is 2.85. The van der Waals surface area contributed by atoms with E-state index in [0.717, 1.165) is 12.1 Å². The molecule has 4 heteroatoms. The Balaban J connectivity index is 3.10. The van der Waals surface area contributed by atoms with Crippen LogP contribution in [-0.4, -0.2) is 5.11 Å². The van der Waals surface area contributed by atoms with Crippen molar-refractivity contribution in [3.8, 4) is 6.07 Å². The Bertz CT molecular complexity index is 428. The first-order chi connectivity index (χ1) is 7.44. The number of aliphatic hydroxyl groups excluding tert-OH is 1. The van der Waals surface area contributed by atoms with Crippen LogP contribution in [-0.2, 0) is 0 Å². The molecule has 0 saturated carbocycles. The molecule has 1 rings (SSSR count). The molecule has 0 bridgehead atoms. The molecule has 0 spiro atoms. The molecule has 0 aromatic heterocycles. The average Bonchev–Trinajstić information content (AvgIpc) is 2.30. The van der Waals surface area contributed by atoms with E-state index in [0.29, 0.717) is 6.42 Å². The van der Waals surface area contributed by atoms with Crippen molar-refractivity contribution in [2.24, 2.45) is 5.41 Å². The van der Waals surface area contributed by atoms with E-state index in [1.165, 1.54) is 6.07 Å². The van der Waals surface area contributed by atoms with Crippen molar-refractivity contribution in [3.63, 3.8) is 0 Å². The van der Waals surface area contributed by atoms with Crippen LogP contribution in [0.5, 0.6) is 0 Å². The Labute approximate surface area is 93.1 Å². The summed E-state index contributed by atoms with van der Waals surface area (Å²) in [5.41, 5.74) is -0.783. The summed E-state index contributed by atoms with van der Waals surface area (Å²) < 4.78 is 25.7. The van der Waals surface area contributed by atoms with E-state index in [1.807, 2.05) is 6.07 Å². The molecular formula is C12H13F2NO. The fourth-order valence-corrected chi connectivity index (χ4v) is 1.38. The van der Waals surface area contributed by atoms with Gasteiger partial charge in [-0.3, -0.25) is 0 Å². The van der Waals surface area contributed by atoms with Crippen molar-refractivity contribution in [1.82, 2.24) is 0 Å². The van der Waals surface area contributed by atoms with Crippen LogP contribution in [0.4, 0.5) is 8.78 Å². The zero-order valence-corrected chi connectivity index (χ0v) is 9.17. The van der Waals surface area contributed by atoms with E-state index in [4.69, 9.17) is 5.26 Å². The number of aliphatic hydroxyl groups is 1. The van der Waals surface area contributed by atoms with Crippen molar-refractivity contribution in [3.05, 3.63) is 35.4 Å². The summed E-state index contributed by atoms with van der Waals surface area (Å²) in [6.07, 6.45) is -0.707. The van der Waals surface area contributed by atoms with Crippen molar-refractivity contribution in [1.29, 1.82) is 5.26 Å². The molecule has 0 aliphatic heterocycles. The SMILES string of the molecule is CCC(C)(C#N)C(O)c1ccc(F)c(F)c1. The Morgan fingerprint density at radius 1 is 1.44 bits per heavy atom. The molecule has 0 saturated heterocycles. The van der Waals surface area contributed by atoms with Gasteiger partial charge >= 0.3 is 0 Å². The Morgan fingerprint density at radius 2 is 2.06 bits per heavy atom. The number of halogens is 2. The van der Waals surface area contributed by atoms with Crippen molar-refractivity contribution in [2.75, 3.05) is 0 Å². The standard InChI is InChI=1S/C12H13F2NO/c1-3-12(2,7-15)11(16)8-4-5-9(13)10(14)6-8/h4-6,11,16H,3H2,1-2H3. The van der Waals surface area contributed by atoms with Crippen LogP contribution in [0, 0.1) is 28.4 Å². The largest absolute Gasteiger partial charge is 0.387 e. The van der Waals surface area contributed by atoms with E-state index in [-0.39, 0.29) is 5.56 Å². The minimum Gasteiger partial charge on any atom is -0.387 e. The molecule has 0 aliphatic rings. The lowest BCUT2D eigenvalue weighted by molar-refractivity contribution is 0.0718. The highest BCUT2D eigenvalue weighted by molar-refractivity contribution is 5.23. The molecule has 0 fully saturated rings. The highest BCUT2D eigenvalue weighted by Gasteiger charge is 2.32. The monoisotopic (exact) mass is 225 g/mol. The molecule has 0 radical (unpaired) electrons. The second-order valence-corrected chi connectivity index (χ2v) is 3.96. The summed E-state index contributed by atoms with van der Waals surface area (Å²) in [5, 5.41) is 18.9. The molecule has 2 atom stereocenters. The van der Waals surface area contributed by atoms with E-state index in [1.54, 1.807) is 13.8 Å². The molecular weight excluding hydrogens is 212 g/mol. The third-order valence-corrected chi connectivity index (χ3v) is 2.85. The van der Waals surface area contributed by atoms with Crippen molar-refractivity contribution >= 4 is 0 Å². The van der Waals surface area contributed by atoms with Crippen LogP contribution in [0.2, 0.25) is 0 Å². The van der Waals surface area contributed by atoms with Gasteiger partial charge in [-0.25, -0.2) is 8.78 Å². The van der Waals surface area contributed by atoms with Crippen LogP contribution in [0.1, 0.15) is 31.9 Å². The number of nitriles is 1. The first-order valence-corrected chi connectivity index (χ1v) is 4.99. The van der Waals surface area contributed by atoms with Gasteiger partial charge in [-0.15, -0.1) is 0 Å². The van der Waals surface area contributed by atoms with Crippen molar-refractivity contribution < 1.29 is 13.9 Å². The average molecular weight is 225 g/mol. The van der Waals surface area contributed by atoms with Crippen LogP contribution in [0.15, 0.2) is 18.2 Å². The molecule has 0 heterocycles. The zero-order chi connectivity index (χ0) is 12.3. The van der Waals surface area contributed by atoms with Crippen LogP contribution in [0.25, 0.3) is 0 Å². The lowest BCUT2D eigenvalue weighted by Gasteiger charge is -2.26. The molecule has 1 N–H and O–H groups in total. The minimum absolute atomic E-state index is 0.213. The van der Waals surface area contributed by atoms with Gasteiger partial charge < -0.3 is 5.11 Å². The van der Waals surface area contributed by atoms with Gasteiger partial charge in [0.05, 0.1) is 17.6 Å². The first-order valence-electron chi connectivity index (χ1n) is 4.99. The topological polar surface area (TPSA) is 44.0 Å². The van der Waals surface area contributed by atoms with Gasteiger partial charge in [-0.05, 0) is 31.0 Å². The van der Waals surface area contributed by atoms with Gasteiger partial charge in [0.2, 0.25) is 0 Å². The second kappa shape index (κ2) is 4.58. The van der Waals surface area contributed by atoms with Gasteiger partial charge in [-0.2, -0.15) is 5.26 Å². The maximum atomic E-state index is 13.0. The molecule has 86 valence electrons. The van der Waals surface area contributed by atoms with E-state index in [9.17, 15) is 13.9 Å². The predicted molar refractivity (Wildman–Crippen MR) is 55.3 cm³/mol. The highest BCUT2D eigenvalue weighted by atomic mass is 19.2. The van der Waals surface area contributed by atoms with Crippen molar-refractivity contribution in [2.45, 2.75) is 26.4 Å². The number of benzene rings is 1. The summed E-state index contributed by atoms with van der Waals surface area (Å²) in [4.78, 5) is 0. The molecule has 2 unspecified atom stereocenters. The lowest BCUT2D eigenvalue weighted by Crippen LogP contribution is -2.23. The lowest BCUT2D eigenvalue weighted by atomic mass is 9.80. The van der Waals surface area contributed by atoms with Crippen LogP contribution in [0.3, 0.4) is 0 Å². The van der Waals surface area contributed by atoms with Gasteiger partial charge in [0.15, 0.2) is 11.6 Å². The number of rotatable bonds is 3. The van der Waals surface area contributed by atoms with Gasteiger partial charge in [0.25, 0.3) is 0 Å². The Morgan fingerprint density at radius 3 is 2.50 bits per heavy atom. The quantitative estimate of drug-likeness (QED) is 0.859. The van der Waals surface area contributed by atoms with Gasteiger partial charge in [-0.1, -0.05) is 13.0 Å². The molecule has 1 aromatic rings.